The molecule has 0 spiro atoms. The first-order chi connectivity index (χ1) is 8.59. The zero-order valence-electron chi connectivity index (χ0n) is 11.2. The molecule has 2 heterocycles. The molecule has 0 aliphatic carbocycles. The zero-order chi connectivity index (χ0) is 13.0. The molecule has 1 atom stereocenters. The van der Waals surface area contributed by atoms with Crippen molar-refractivity contribution in [2.75, 3.05) is 45.9 Å². The van der Waals surface area contributed by atoms with Crippen LogP contribution < -0.4 is 0 Å². The number of likely N-dealkylation sites (tertiary alicyclic amines) is 2. The molecule has 3 nitrogen and oxygen atoms in total. The van der Waals surface area contributed by atoms with Crippen LogP contribution in [0.25, 0.3) is 0 Å². The molecule has 0 aromatic rings. The van der Waals surface area contributed by atoms with Crippen molar-refractivity contribution in [1.29, 1.82) is 0 Å². The number of piperidine rings is 1. The highest BCUT2D eigenvalue weighted by atomic mass is 19.3. The highest BCUT2D eigenvalue weighted by molar-refractivity contribution is 4.78. The zero-order valence-corrected chi connectivity index (χ0v) is 11.2. The number of nitrogens with zero attached hydrogens (tertiary/aromatic N) is 2. The Balaban J connectivity index is 1.56. The fraction of sp³-hybridized carbons (Fsp3) is 1.00. The average molecular weight is 262 g/mol. The normalized spacial score (nSPS) is 29.8. The van der Waals surface area contributed by atoms with Gasteiger partial charge in [-0.2, -0.15) is 0 Å². The summed E-state index contributed by atoms with van der Waals surface area (Å²) in [6.07, 6.45) is 1.45. The number of hydrogen-bond acceptors (Lipinski definition) is 3. The number of halogens is 2. The molecule has 106 valence electrons. The lowest BCUT2D eigenvalue weighted by atomic mass is 10.1. The molecule has 0 saturated carbocycles. The van der Waals surface area contributed by atoms with Crippen LogP contribution in [0.15, 0.2) is 0 Å². The largest absolute Gasteiger partial charge is 0.376 e. The van der Waals surface area contributed by atoms with Gasteiger partial charge in [0.15, 0.2) is 0 Å². The summed E-state index contributed by atoms with van der Waals surface area (Å²) in [6.45, 7) is 7.86. The van der Waals surface area contributed by atoms with Crippen molar-refractivity contribution in [3.63, 3.8) is 0 Å². The van der Waals surface area contributed by atoms with Gasteiger partial charge in [-0.25, -0.2) is 8.78 Å². The molecule has 0 aromatic carbocycles. The van der Waals surface area contributed by atoms with Gasteiger partial charge in [0.25, 0.3) is 5.92 Å². The quantitative estimate of drug-likeness (QED) is 0.752. The van der Waals surface area contributed by atoms with Crippen LogP contribution in [0.1, 0.15) is 26.2 Å². The fourth-order valence-corrected chi connectivity index (χ4v) is 2.67. The second kappa shape index (κ2) is 6.26. The predicted molar refractivity (Wildman–Crippen MR) is 67.1 cm³/mol. The summed E-state index contributed by atoms with van der Waals surface area (Å²) in [7, 11) is 0. The van der Waals surface area contributed by atoms with Gasteiger partial charge in [0.05, 0.1) is 12.7 Å². The van der Waals surface area contributed by atoms with E-state index in [1.807, 2.05) is 0 Å². The van der Waals surface area contributed by atoms with Crippen molar-refractivity contribution in [3.05, 3.63) is 0 Å². The van der Waals surface area contributed by atoms with Gasteiger partial charge in [-0.05, 0) is 13.0 Å². The van der Waals surface area contributed by atoms with Crippen LogP contribution >= 0.6 is 0 Å². The molecule has 2 saturated heterocycles. The van der Waals surface area contributed by atoms with E-state index in [-0.39, 0.29) is 12.8 Å². The average Bonchev–Trinajstić information content (AvgIpc) is 2.79. The van der Waals surface area contributed by atoms with Crippen molar-refractivity contribution in [2.24, 2.45) is 0 Å². The van der Waals surface area contributed by atoms with E-state index in [4.69, 9.17) is 4.74 Å². The molecule has 1 unspecified atom stereocenters. The molecule has 5 heteroatoms. The Morgan fingerprint density at radius 1 is 1.17 bits per heavy atom. The summed E-state index contributed by atoms with van der Waals surface area (Å²) in [5, 5.41) is 0. The van der Waals surface area contributed by atoms with Gasteiger partial charge in [-0.15, -0.1) is 0 Å². The second-order valence-corrected chi connectivity index (χ2v) is 5.37. The van der Waals surface area contributed by atoms with Gasteiger partial charge in [-0.3, -0.25) is 0 Å². The van der Waals surface area contributed by atoms with Crippen molar-refractivity contribution in [3.8, 4) is 0 Å². The Morgan fingerprint density at radius 2 is 1.89 bits per heavy atom. The monoisotopic (exact) mass is 262 g/mol. The lowest BCUT2D eigenvalue weighted by molar-refractivity contribution is -0.0608. The molecule has 2 aliphatic heterocycles. The molecule has 0 bridgehead atoms. The third-order valence-corrected chi connectivity index (χ3v) is 4.02. The lowest BCUT2D eigenvalue weighted by Gasteiger charge is -2.31. The maximum atomic E-state index is 13.0. The molecule has 2 fully saturated rings. The van der Waals surface area contributed by atoms with Crippen LogP contribution in [0.2, 0.25) is 0 Å². The highest BCUT2D eigenvalue weighted by Gasteiger charge is 2.33. The van der Waals surface area contributed by atoms with Gasteiger partial charge < -0.3 is 14.5 Å². The van der Waals surface area contributed by atoms with E-state index in [1.54, 1.807) is 0 Å². The van der Waals surface area contributed by atoms with E-state index in [9.17, 15) is 8.78 Å². The first-order valence-corrected chi connectivity index (χ1v) is 7.03. The van der Waals surface area contributed by atoms with Crippen molar-refractivity contribution in [1.82, 2.24) is 9.80 Å². The molecule has 0 radical (unpaired) electrons. The maximum absolute atomic E-state index is 13.0. The van der Waals surface area contributed by atoms with Gasteiger partial charge in [-0.1, -0.05) is 6.92 Å². The molecular formula is C13H24F2N2O. The second-order valence-electron chi connectivity index (χ2n) is 5.37. The van der Waals surface area contributed by atoms with Crippen molar-refractivity contribution < 1.29 is 13.5 Å². The molecule has 0 N–H and O–H groups in total. The van der Waals surface area contributed by atoms with Gasteiger partial charge >= 0.3 is 0 Å². The molecule has 0 amide bonds. The summed E-state index contributed by atoms with van der Waals surface area (Å²) in [5.74, 6) is -2.44. The minimum atomic E-state index is -2.44. The van der Waals surface area contributed by atoms with Gasteiger partial charge in [0.1, 0.15) is 0 Å². The number of ether oxygens (including phenoxy) is 1. The Bertz CT molecular complexity index is 253. The van der Waals surface area contributed by atoms with E-state index < -0.39 is 5.92 Å². The van der Waals surface area contributed by atoms with Crippen molar-refractivity contribution >= 4 is 0 Å². The van der Waals surface area contributed by atoms with Crippen LogP contribution in [-0.4, -0.2) is 67.7 Å². The fourth-order valence-electron chi connectivity index (χ4n) is 2.67. The minimum absolute atomic E-state index is 0.0000407. The summed E-state index contributed by atoms with van der Waals surface area (Å²) in [5.41, 5.74) is 0. The highest BCUT2D eigenvalue weighted by Crippen LogP contribution is 2.27. The third-order valence-electron chi connectivity index (χ3n) is 4.02. The van der Waals surface area contributed by atoms with E-state index in [0.29, 0.717) is 25.8 Å². The predicted octanol–water partition coefficient (Wildman–Crippen LogP) is 1.83. The Hall–Kier alpha value is -0.260. The van der Waals surface area contributed by atoms with Gasteiger partial charge in [0.2, 0.25) is 0 Å². The third kappa shape index (κ3) is 4.14. The summed E-state index contributed by atoms with van der Waals surface area (Å²) >= 11 is 0. The van der Waals surface area contributed by atoms with Crippen LogP contribution in [0.5, 0.6) is 0 Å². The Morgan fingerprint density at radius 3 is 2.50 bits per heavy atom. The minimum Gasteiger partial charge on any atom is -0.376 e. The Kier molecular flexibility index (Phi) is 4.92. The molecular weight excluding hydrogens is 238 g/mol. The SMILES string of the molecule is CCN1CCC(OCCN2CCC(F)(F)CC2)C1. The lowest BCUT2D eigenvalue weighted by Crippen LogP contribution is -2.41. The summed E-state index contributed by atoms with van der Waals surface area (Å²) in [4.78, 5) is 4.47. The summed E-state index contributed by atoms with van der Waals surface area (Å²) in [6, 6.07) is 0. The van der Waals surface area contributed by atoms with E-state index in [1.165, 1.54) is 0 Å². The van der Waals surface area contributed by atoms with E-state index in [2.05, 4.69) is 16.7 Å². The van der Waals surface area contributed by atoms with Gasteiger partial charge in [0, 0.05) is 45.6 Å². The molecule has 2 rings (SSSR count). The first kappa shape index (κ1) is 14.2. The number of rotatable bonds is 5. The van der Waals surface area contributed by atoms with Crippen molar-refractivity contribution in [2.45, 2.75) is 38.2 Å². The molecule has 2 aliphatic rings. The standard InChI is InChI=1S/C13H24F2N2O/c1-2-16-6-3-12(11-16)18-10-9-17-7-4-13(14,15)5-8-17/h12H,2-11H2,1H3. The van der Waals surface area contributed by atoms with Crippen LogP contribution in [0, 0.1) is 0 Å². The Labute approximate surface area is 108 Å². The number of alkyl halides is 2. The first-order valence-electron chi connectivity index (χ1n) is 7.03. The van der Waals surface area contributed by atoms with E-state index >= 15 is 0 Å². The molecule has 0 aromatic heterocycles. The van der Waals surface area contributed by atoms with Crippen LogP contribution in [0.3, 0.4) is 0 Å². The van der Waals surface area contributed by atoms with Crippen LogP contribution in [0.4, 0.5) is 8.78 Å². The number of hydrogen-bond donors (Lipinski definition) is 0. The number of likely N-dealkylation sites (N-methyl/N-ethyl adjacent to an activating group) is 1. The molecule has 18 heavy (non-hydrogen) atoms. The smallest absolute Gasteiger partial charge is 0.250 e. The van der Waals surface area contributed by atoms with Crippen LogP contribution in [-0.2, 0) is 4.74 Å². The maximum Gasteiger partial charge on any atom is 0.250 e. The van der Waals surface area contributed by atoms with E-state index in [0.717, 1.165) is 32.6 Å². The topological polar surface area (TPSA) is 15.7 Å². The summed E-state index contributed by atoms with van der Waals surface area (Å²) < 4.78 is 31.7.